The fraction of sp³-hybridized carbons (Fsp3) is 0.385. The van der Waals surface area contributed by atoms with Gasteiger partial charge in [0.15, 0.2) is 0 Å². The van der Waals surface area contributed by atoms with Gasteiger partial charge in [-0.15, -0.1) is 0 Å². The molecule has 1 N–H and O–H groups in total. The van der Waals surface area contributed by atoms with E-state index in [9.17, 15) is 0 Å². The summed E-state index contributed by atoms with van der Waals surface area (Å²) in [6, 6.07) is 4.16. The van der Waals surface area contributed by atoms with Crippen molar-refractivity contribution in [3.05, 3.63) is 33.6 Å². The summed E-state index contributed by atoms with van der Waals surface area (Å²) in [5.41, 5.74) is 3.31. The number of nitrogens with one attached hydrogen (secondary N) is 1. The molecule has 5 heteroatoms. The molecule has 1 heterocycles. The molecule has 0 spiro atoms. The van der Waals surface area contributed by atoms with Crippen molar-refractivity contribution in [1.82, 2.24) is 15.5 Å². The molecular formula is C13H16BrN3O. The van der Waals surface area contributed by atoms with Crippen molar-refractivity contribution in [3.8, 4) is 11.4 Å². The highest BCUT2D eigenvalue weighted by molar-refractivity contribution is 9.10. The number of hydrogen-bond donors (Lipinski definition) is 1. The Morgan fingerprint density at radius 3 is 2.44 bits per heavy atom. The van der Waals surface area contributed by atoms with Crippen molar-refractivity contribution >= 4 is 15.9 Å². The van der Waals surface area contributed by atoms with E-state index in [0.717, 1.165) is 21.2 Å². The minimum Gasteiger partial charge on any atom is -0.337 e. The Morgan fingerprint density at radius 2 is 1.89 bits per heavy atom. The van der Waals surface area contributed by atoms with Crippen LogP contribution in [0, 0.1) is 13.8 Å². The van der Waals surface area contributed by atoms with Crippen LogP contribution in [0.4, 0.5) is 0 Å². The summed E-state index contributed by atoms with van der Waals surface area (Å²) in [6.45, 7) is 6.09. The molecule has 1 atom stereocenters. The highest BCUT2D eigenvalue weighted by Gasteiger charge is 2.14. The Bertz CT molecular complexity index is 542. The second-order valence-corrected chi connectivity index (χ2v) is 5.18. The van der Waals surface area contributed by atoms with Crippen LogP contribution in [0.3, 0.4) is 0 Å². The van der Waals surface area contributed by atoms with Gasteiger partial charge < -0.3 is 9.84 Å². The Balaban J connectivity index is 2.40. The molecule has 0 aliphatic heterocycles. The van der Waals surface area contributed by atoms with Gasteiger partial charge in [-0.05, 0) is 51.1 Å². The van der Waals surface area contributed by atoms with E-state index in [1.165, 1.54) is 0 Å². The highest BCUT2D eigenvalue weighted by atomic mass is 79.9. The van der Waals surface area contributed by atoms with Gasteiger partial charge in [0.25, 0.3) is 0 Å². The molecule has 0 bridgehead atoms. The average Bonchev–Trinajstić information content (AvgIpc) is 2.84. The minimum atomic E-state index is 0.0592. The van der Waals surface area contributed by atoms with Crippen molar-refractivity contribution in [2.45, 2.75) is 26.8 Å². The standard InChI is InChI=1S/C13H16BrN3O/c1-7-5-10(6-8(2)11(7)14)12-16-13(18-17-12)9(3)15-4/h5-6,9,15H,1-4H3. The van der Waals surface area contributed by atoms with Crippen LogP contribution in [0.2, 0.25) is 0 Å². The third-order valence-electron chi connectivity index (χ3n) is 2.94. The molecule has 0 aliphatic rings. The molecule has 96 valence electrons. The maximum absolute atomic E-state index is 5.25. The first-order valence-corrected chi connectivity index (χ1v) is 6.60. The summed E-state index contributed by atoms with van der Waals surface area (Å²) in [5.74, 6) is 1.23. The van der Waals surface area contributed by atoms with Crippen LogP contribution in [0.5, 0.6) is 0 Å². The lowest BCUT2D eigenvalue weighted by atomic mass is 10.1. The van der Waals surface area contributed by atoms with Gasteiger partial charge >= 0.3 is 0 Å². The third-order valence-corrected chi connectivity index (χ3v) is 4.19. The van der Waals surface area contributed by atoms with Crippen molar-refractivity contribution in [2.75, 3.05) is 7.05 Å². The molecule has 0 radical (unpaired) electrons. The number of aryl methyl sites for hydroxylation is 2. The lowest BCUT2D eigenvalue weighted by molar-refractivity contribution is 0.347. The van der Waals surface area contributed by atoms with E-state index >= 15 is 0 Å². The maximum atomic E-state index is 5.25. The monoisotopic (exact) mass is 309 g/mol. The van der Waals surface area contributed by atoms with Gasteiger partial charge in [-0.1, -0.05) is 21.1 Å². The first-order valence-electron chi connectivity index (χ1n) is 5.81. The van der Waals surface area contributed by atoms with Crippen LogP contribution in [-0.4, -0.2) is 17.2 Å². The van der Waals surface area contributed by atoms with E-state index in [4.69, 9.17) is 4.52 Å². The van der Waals surface area contributed by atoms with Crippen LogP contribution in [0.1, 0.15) is 30.0 Å². The predicted octanol–water partition coefficient (Wildman–Crippen LogP) is 3.40. The largest absolute Gasteiger partial charge is 0.337 e. The Morgan fingerprint density at radius 1 is 1.28 bits per heavy atom. The lowest BCUT2D eigenvalue weighted by Gasteiger charge is -2.05. The molecule has 2 rings (SSSR count). The first-order chi connectivity index (χ1) is 8.52. The smallest absolute Gasteiger partial charge is 0.243 e. The van der Waals surface area contributed by atoms with Gasteiger partial charge in [0.2, 0.25) is 11.7 Å². The summed E-state index contributed by atoms with van der Waals surface area (Å²) in [6.07, 6.45) is 0. The molecule has 0 aliphatic carbocycles. The van der Waals surface area contributed by atoms with Crippen LogP contribution in [0.25, 0.3) is 11.4 Å². The van der Waals surface area contributed by atoms with Gasteiger partial charge in [0.1, 0.15) is 0 Å². The molecule has 2 aromatic rings. The summed E-state index contributed by atoms with van der Waals surface area (Å²) < 4.78 is 6.37. The van der Waals surface area contributed by atoms with E-state index in [0.29, 0.717) is 11.7 Å². The van der Waals surface area contributed by atoms with Crippen molar-refractivity contribution in [1.29, 1.82) is 0 Å². The van der Waals surface area contributed by atoms with E-state index < -0.39 is 0 Å². The Hall–Kier alpha value is -1.20. The SMILES string of the molecule is CNC(C)c1nc(-c2cc(C)c(Br)c(C)c2)no1. The third kappa shape index (κ3) is 2.47. The predicted molar refractivity (Wildman–Crippen MR) is 74.4 cm³/mol. The number of nitrogens with zero attached hydrogens (tertiary/aromatic N) is 2. The fourth-order valence-corrected chi connectivity index (χ4v) is 1.96. The van der Waals surface area contributed by atoms with Crippen molar-refractivity contribution in [3.63, 3.8) is 0 Å². The number of benzene rings is 1. The molecule has 0 amide bonds. The molecule has 0 saturated carbocycles. The van der Waals surface area contributed by atoms with Gasteiger partial charge in [-0.2, -0.15) is 4.98 Å². The average molecular weight is 310 g/mol. The van der Waals surface area contributed by atoms with E-state index in [1.54, 1.807) is 0 Å². The van der Waals surface area contributed by atoms with Gasteiger partial charge in [0.05, 0.1) is 6.04 Å². The van der Waals surface area contributed by atoms with Crippen molar-refractivity contribution in [2.24, 2.45) is 0 Å². The summed E-state index contributed by atoms with van der Waals surface area (Å²) >= 11 is 3.55. The van der Waals surface area contributed by atoms with Crippen LogP contribution >= 0.6 is 15.9 Å². The van der Waals surface area contributed by atoms with Crippen LogP contribution < -0.4 is 5.32 Å². The van der Waals surface area contributed by atoms with Crippen molar-refractivity contribution < 1.29 is 4.52 Å². The molecular weight excluding hydrogens is 294 g/mol. The molecule has 18 heavy (non-hydrogen) atoms. The Kier molecular flexibility index (Phi) is 3.82. The second kappa shape index (κ2) is 5.20. The molecule has 1 unspecified atom stereocenters. The molecule has 0 fully saturated rings. The zero-order valence-corrected chi connectivity index (χ0v) is 12.5. The number of rotatable bonds is 3. The first kappa shape index (κ1) is 13.2. The second-order valence-electron chi connectivity index (χ2n) is 4.39. The van der Waals surface area contributed by atoms with E-state index in [-0.39, 0.29) is 6.04 Å². The molecule has 0 saturated heterocycles. The molecule has 1 aromatic heterocycles. The Labute approximate surface area is 115 Å². The lowest BCUT2D eigenvalue weighted by Crippen LogP contribution is -2.12. The fourth-order valence-electron chi connectivity index (χ4n) is 1.73. The van der Waals surface area contributed by atoms with Crippen LogP contribution in [0.15, 0.2) is 21.1 Å². The van der Waals surface area contributed by atoms with Gasteiger partial charge in [0, 0.05) is 10.0 Å². The van der Waals surface area contributed by atoms with Gasteiger partial charge in [-0.25, -0.2) is 0 Å². The number of hydrogen-bond acceptors (Lipinski definition) is 4. The highest BCUT2D eigenvalue weighted by Crippen LogP contribution is 2.27. The summed E-state index contributed by atoms with van der Waals surface area (Å²) in [7, 11) is 1.86. The quantitative estimate of drug-likeness (QED) is 0.944. The zero-order chi connectivity index (χ0) is 13.3. The zero-order valence-electron chi connectivity index (χ0n) is 10.9. The summed E-state index contributed by atoms with van der Waals surface area (Å²) in [5, 5.41) is 7.10. The summed E-state index contributed by atoms with van der Waals surface area (Å²) in [4.78, 5) is 4.41. The molecule has 4 nitrogen and oxygen atoms in total. The van der Waals surface area contributed by atoms with Gasteiger partial charge in [-0.3, -0.25) is 0 Å². The van der Waals surface area contributed by atoms with Crippen LogP contribution in [-0.2, 0) is 0 Å². The topological polar surface area (TPSA) is 51.0 Å². The normalized spacial score (nSPS) is 12.7. The maximum Gasteiger partial charge on any atom is 0.243 e. The van der Waals surface area contributed by atoms with E-state index in [2.05, 4.69) is 57.4 Å². The van der Waals surface area contributed by atoms with E-state index in [1.807, 2.05) is 14.0 Å². The number of aromatic nitrogens is 2. The molecule has 1 aromatic carbocycles. The minimum absolute atomic E-state index is 0.0592. The number of halogens is 1.